The van der Waals surface area contributed by atoms with Crippen molar-refractivity contribution in [3.05, 3.63) is 16.6 Å². The molecule has 1 heterocycles. The maximum absolute atomic E-state index is 11.7. The molecule has 0 aliphatic carbocycles. The Hall–Kier alpha value is -0.990. The number of aromatic nitrogens is 1. The Morgan fingerprint density at radius 3 is 2.89 bits per heavy atom. The standard InChI is InChI=1S/C11H18N2O4S2/c1-9(11-12-5-6-18-11)8-13-19(15,16)7-3-4-10(14)17-2/h5-6,9,13H,3-4,7-8H2,1-2H3. The molecule has 1 aromatic rings. The van der Waals surface area contributed by atoms with E-state index in [1.165, 1.54) is 18.4 Å². The summed E-state index contributed by atoms with van der Waals surface area (Å²) in [6.07, 6.45) is 2.06. The highest BCUT2D eigenvalue weighted by Crippen LogP contribution is 2.16. The van der Waals surface area contributed by atoms with E-state index in [-0.39, 0.29) is 24.5 Å². The van der Waals surface area contributed by atoms with Gasteiger partial charge < -0.3 is 4.74 Å². The fourth-order valence-electron chi connectivity index (χ4n) is 1.40. The van der Waals surface area contributed by atoms with Gasteiger partial charge in [0.25, 0.3) is 0 Å². The monoisotopic (exact) mass is 306 g/mol. The number of hydrogen-bond donors (Lipinski definition) is 1. The van der Waals surface area contributed by atoms with Crippen LogP contribution in [-0.4, -0.2) is 38.8 Å². The summed E-state index contributed by atoms with van der Waals surface area (Å²) < 4.78 is 30.4. The van der Waals surface area contributed by atoms with E-state index in [0.29, 0.717) is 6.54 Å². The molecule has 0 spiro atoms. The molecule has 1 unspecified atom stereocenters. The van der Waals surface area contributed by atoms with Crippen molar-refractivity contribution >= 4 is 27.3 Å². The van der Waals surface area contributed by atoms with Crippen LogP contribution in [0.1, 0.15) is 30.7 Å². The average molecular weight is 306 g/mol. The minimum atomic E-state index is -3.35. The molecule has 0 bridgehead atoms. The number of hydrogen-bond acceptors (Lipinski definition) is 6. The minimum absolute atomic E-state index is 0.0374. The Bertz CT molecular complexity index is 485. The van der Waals surface area contributed by atoms with E-state index in [0.717, 1.165) is 5.01 Å². The van der Waals surface area contributed by atoms with Crippen LogP contribution in [0.2, 0.25) is 0 Å². The molecule has 1 atom stereocenters. The number of carbonyl (C=O) groups is 1. The van der Waals surface area contributed by atoms with Crippen LogP contribution >= 0.6 is 11.3 Å². The lowest BCUT2D eigenvalue weighted by atomic mass is 10.2. The number of rotatable bonds is 8. The molecule has 1 N–H and O–H groups in total. The van der Waals surface area contributed by atoms with Gasteiger partial charge in [-0.05, 0) is 6.42 Å². The lowest BCUT2D eigenvalue weighted by molar-refractivity contribution is -0.140. The van der Waals surface area contributed by atoms with Gasteiger partial charge in [0.2, 0.25) is 10.0 Å². The van der Waals surface area contributed by atoms with Crippen molar-refractivity contribution in [1.82, 2.24) is 9.71 Å². The summed E-state index contributed by atoms with van der Waals surface area (Å²) in [5, 5.41) is 2.76. The van der Waals surface area contributed by atoms with Crippen LogP contribution in [-0.2, 0) is 19.6 Å². The van der Waals surface area contributed by atoms with E-state index in [1.54, 1.807) is 6.20 Å². The number of sulfonamides is 1. The highest BCUT2D eigenvalue weighted by molar-refractivity contribution is 7.89. The summed E-state index contributed by atoms with van der Waals surface area (Å²) >= 11 is 1.50. The first-order chi connectivity index (χ1) is 8.94. The molecule has 0 aliphatic rings. The molecule has 0 saturated carbocycles. The zero-order chi connectivity index (χ0) is 14.3. The second kappa shape index (κ2) is 7.56. The molecule has 0 amide bonds. The zero-order valence-electron chi connectivity index (χ0n) is 11.0. The summed E-state index contributed by atoms with van der Waals surface area (Å²) in [5.74, 6) is -0.436. The Morgan fingerprint density at radius 1 is 1.58 bits per heavy atom. The smallest absolute Gasteiger partial charge is 0.305 e. The van der Waals surface area contributed by atoms with E-state index in [4.69, 9.17) is 0 Å². The molecule has 8 heteroatoms. The SMILES string of the molecule is COC(=O)CCCS(=O)(=O)NCC(C)c1nccs1. The predicted octanol–water partition coefficient (Wildman–Crippen LogP) is 1.12. The van der Waals surface area contributed by atoms with Crippen LogP contribution in [0, 0.1) is 0 Å². The first-order valence-electron chi connectivity index (χ1n) is 5.88. The molecular weight excluding hydrogens is 288 g/mol. The third-order valence-corrected chi connectivity index (χ3v) is 4.94. The molecule has 1 rings (SSSR count). The Morgan fingerprint density at radius 2 is 2.32 bits per heavy atom. The predicted molar refractivity (Wildman–Crippen MR) is 73.6 cm³/mol. The van der Waals surface area contributed by atoms with Gasteiger partial charge >= 0.3 is 5.97 Å². The zero-order valence-corrected chi connectivity index (χ0v) is 12.6. The van der Waals surface area contributed by atoms with Gasteiger partial charge in [0.15, 0.2) is 0 Å². The number of ether oxygens (including phenoxy) is 1. The first-order valence-corrected chi connectivity index (χ1v) is 8.41. The summed E-state index contributed by atoms with van der Waals surface area (Å²) in [6.45, 7) is 2.23. The third-order valence-electron chi connectivity index (χ3n) is 2.50. The van der Waals surface area contributed by atoms with E-state index < -0.39 is 16.0 Å². The fourth-order valence-corrected chi connectivity index (χ4v) is 3.27. The van der Waals surface area contributed by atoms with Crippen LogP contribution in [0.25, 0.3) is 0 Å². The number of methoxy groups -OCH3 is 1. The topological polar surface area (TPSA) is 85.4 Å². The van der Waals surface area contributed by atoms with E-state index in [9.17, 15) is 13.2 Å². The number of esters is 1. The maximum atomic E-state index is 11.7. The van der Waals surface area contributed by atoms with Crippen molar-refractivity contribution in [2.24, 2.45) is 0 Å². The van der Waals surface area contributed by atoms with Crippen LogP contribution in [0.5, 0.6) is 0 Å². The molecule has 0 saturated heterocycles. The third kappa shape index (κ3) is 6.13. The molecule has 0 radical (unpaired) electrons. The molecule has 19 heavy (non-hydrogen) atoms. The van der Waals surface area contributed by atoms with Crippen molar-refractivity contribution in [2.45, 2.75) is 25.7 Å². The van der Waals surface area contributed by atoms with Crippen LogP contribution in [0.15, 0.2) is 11.6 Å². The number of nitrogens with zero attached hydrogens (tertiary/aromatic N) is 1. The number of thiazole rings is 1. The lowest BCUT2D eigenvalue weighted by Gasteiger charge is -2.10. The Balaban J connectivity index is 2.32. The summed E-state index contributed by atoms with van der Waals surface area (Å²) in [7, 11) is -2.07. The Kier molecular flexibility index (Phi) is 6.40. The summed E-state index contributed by atoms with van der Waals surface area (Å²) in [4.78, 5) is 15.0. The number of carbonyl (C=O) groups excluding carboxylic acids is 1. The van der Waals surface area contributed by atoms with Gasteiger partial charge in [0.05, 0.1) is 17.9 Å². The van der Waals surface area contributed by atoms with Gasteiger partial charge in [0.1, 0.15) is 0 Å². The van der Waals surface area contributed by atoms with Crippen LogP contribution in [0.4, 0.5) is 0 Å². The largest absolute Gasteiger partial charge is 0.469 e. The van der Waals surface area contributed by atoms with E-state index in [2.05, 4.69) is 14.4 Å². The average Bonchev–Trinajstić information content (AvgIpc) is 2.89. The highest BCUT2D eigenvalue weighted by atomic mass is 32.2. The van der Waals surface area contributed by atoms with Gasteiger partial charge in [-0.1, -0.05) is 6.92 Å². The van der Waals surface area contributed by atoms with Gasteiger partial charge in [-0.25, -0.2) is 18.1 Å². The van der Waals surface area contributed by atoms with Gasteiger partial charge in [-0.15, -0.1) is 11.3 Å². The van der Waals surface area contributed by atoms with Gasteiger partial charge in [-0.2, -0.15) is 0 Å². The quantitative estimate of drug-likeness (QED) is 0.727. The molecular formula is C11H18N2O4S2. The first kappa shape index (κ1) is 16.1. The summed E-state index contributed by atoms with van der Waals surface area (Å²) in [6, 6.07) is 0. The molecule has 0 aromatic carbocycles. The van der Waals surface area contributed by atoms with Crippen molar-refractivity contribution in [2.75, 3.05) is 19.4 Å². The van der Waals surface area contributed by atoms with Gasteiger partial charge in [0, 0.05) is 30.5 Å². The van der Waals surface area contributed by atoms with Crippen LogP contribution < -0.4 is 4.72 Å². The second-order valence-electron chi connectivity index (χ2n) is 4.12. The van der Waals surface area contributed by atoms with Crippen molar-refractivity contribution in [3.63, 3.8) is 0 Å². The normalized spacial score (nSPS) is 13.2. The van der Waals surface area contributed by atoms with Crippen LogP contribution in [0.3, 0.4) is 0 Å². The molecule has 6 nitrogen and oxygen atoms in total. The van der Waals surface area contributed by atoms with E-state index >= 15 is 0 Å². The maximum Gasteiger partial charge on any atom is 0.305 e. The number of nitrogens with one attached hydrogen (secondary N) is 1. The molecule has 0 aliphatic heterocycles. The molecule has 1 aromatic heterocycles. The van der Waals surface area contributed by atoms with Gasteiger partial charge in [-0.3, -0.25) is 4.79 Å². The molecule has 108 valence electrons. The highest BCUT2D eigenvalue weighted by Gasteiger charge is 2.15. The lowest BCUT2D eigenvalue weighted by Crippen LogP contribution is -2.30. The summed E-state index contributed by atoms with van der Waals surface area (Å²) in [5.41, 5.74) is 0. The Labute approximate surface area is 117 Å². The molecule has 0 fully saturated rings. The van der Waals surface area contributed by atoms with Crippen molar-refractivity contribution < 1.29 is 17.9 Å². The fraction of sp³-hybridized carbons (Fsp3) is 0.636. The van der Waals surface area contributed by atoms with Crippen molar-refractivity contribution in [1.29, 1.82) is 0 Å². The van der Waals surface area contributed by atoms with E-state index in [1.807, 2.05) is 12.3 Å². The van der Waals surface area contributed by atoms with Crippen molar-refractivity contribution in [3.8, 4) is 0 Å². The second-order valence-corrected chi connectivity index (χ2v) is 6.97. The minimum Gasteiger partial charge on any atom is -0.469 e.